The van der Waals surface area contributed by atoms with Crippen molar-refractivity contribution in [3.05, 3.63) is 10.6 Å². The first-order valence-electron chi connectivity index (χ1n) is 7.84. The normalized spacial score (nSPS) is 12.2. The van der Waals surface area contributed by atoms with Crippen LogP contribution in [0.4, 0.5) is 5.13 Å². The van der Waals surface area contributed by atoms with E-state index in [1.54, 1.807) is 0 Å². The minimum atomic E-state index is 0.146. The van der Waals surface area contributed by atoms with Crippen molar-refractivity contribution in [3.8, 4) is 0 Å². The summed E-state index contributed by atoms with van der Waals surface area (Å²) in [5.74, 6) is 0. The molecule has 1 aromatic heterocycles. The van der Waals surface area contributed by atoms with E-state index in [0.717, 1.165) is 31.9 Å². The quantitative estimate of drug-likeness (QED) is 0.799. The summed E-state index contributed by atoms with van der Waals surface area (Å²) in [6.45, 7) is 15.0. The van der Waals surface area contributed by atoms with E-state index in [0.29, 0.717) is 0 Å². The summed E-state index contributed by atoms with van der Waals surface area (Å²) in [7, 11) is 4.25. The van der Waals surface area contributed by atoms with Gasteiger partial charge in [0.2, 0.25) is 0 Å². The molecule has 0 amide bonds. The Labute approximate surface area is 134 Å². The van der Waals surface area contributed by atoms with E-state index < -0.39 is 0 Å². The van der Waals surface area contributed by atoms with Crippen LogP contribution in [0.15, 0.2) is 0 Å². The zero-order valence-electron chi connectivity index (χ0n) is 14.8. The maximum Gasteiger partial charge on any atom is 0.185 e. The monoisotopic (exact) mass is 312 g/mol. The summed E-state index contributed by atoms with van der Waals surface area (Å²) in [6, 6.07) is 0. The van der Waals surface area contributed by atoms with E-state index >= 15 is 0 Å². The summed E-state index contributed by atoms with van der Waals surface area (Å²) in [5.41, 5.74) is 1.31. The van der Waals surface area contributed by atoms with Gasteiger partial charge in [0.1, 0.15) is 0 Å². The van der Waals surface area contributed by atoms with Gasteiger partial charge in [-0.05, 0) is 61.7 Å². The molecule has 0 unspecified atom stereocenters. The first-order chi connectivity index (χ1) is 9.73. The average Bonchev–Trinajstić information content (AvgIpc) is 2.72. The number of rotatable bonds is 8. The molecule has 0 saturated heterocycles. The number of anilines is 1. The van der Waals surface area contributed by atoms with Crippen molar-refractivity contribution in [2.75, 3.05) is 38.6 Å². The number of hydrogen-bond donors (Lipinski definition) is 1. The van der Waals surface area contributed by atoms with E-state index in [4.69, 9.17) is 4.98 Å². The molecule has 5 heteroatoms. The minimum absolute atomic E-state index is 0.146. The van der Waals surface area contributed by atoms with E-state index in [2.05, 4.69) is 63.8 Å². The topological polar surface area (TPSA) is 31.4 Å². The van der Waals surface area contributed by atoms with Crippen LogP contribution in [0.3, 0.4) is 0 Å². The summed E-state index contributed by atoms with van der Waals surface area (Å²) >= 11 is 1.83. The highest BCUT2D eigenvalue weighted by Gasteiger charge is 2.15. The Morgan fingerprint density at radius 3 is 2.38 bits per heavy atom. The molecule has 0 spiro atoms. The lowest BCUT2D eigenvalue weighted by Gasteiger charge is -2.21. The van der Waals surface area contributed by atoms with Crippen LogP contribution in [-0.2, 0) is 6.54 Å². The third kappa shape index (κ3) is 6.76. The largest absolute Gasteiger partial charge is 0.348 e. The molecule has 0 fully saturated rings. The van der Waals surface area contributed by atoms with E-state index in [1.165, 1.54) is 16.4 Å². The summed E-state index contributed by atoms with van der Waals surface area (Å²) in [5, 5.41) is 4.72. The van der Waals surface area contributed by atoms with Crippen molar-refractivity contribution < 1.29 is 0 Å². The number of thiazole rings is 1. The maximum atomic E-state index is 4.77. The lowest BCUT2D eigenvalue weighted by molar-refractivity contribution is 0.400. The Morgan fingerprint density at radius 1 is 1.19 bits per heavy atom. The van der Waals surface area contributed by atoms with E-state index in [-0.39, 0.29) is 5.54 Å². The smallest absolute Gasteiger partial charge is 0.185 e. The highest BCUT2D eigenvalue weighted by Crippen LogP contribution is 2.26. The van der Waals surface area contributed by atoms with Crippen molar-refractivity contribution in [1.82, 2.24) is 15.2 Å². The molecule has 1 N–H and O–H groups in total. The van der Waals surface area contributed by atoms with Gasteiger partial charge in [0.15, 0.2) is 5.13 Å². The Hall–Kier alpha value is -0.650. The van der Waals surface area contributed by atoms with Gasteiger partial charge in [-0.3, -0.25) is 0 Å². The molecule has 0 radical (unpaired) electrons. The van der Waals surface area contributed by atoms with Gasteiger partial charge in [0.25, 0.3) is 0 Å². The molecule has 0 aliphatic carbocycles. The predicted molar refractivity (Wildman–Crippen MR) is 94.5 cm³/mol. The van der Waals surface area contributed by atoms with Crippen molar-refractivity contribution >= 4 is 16.5 Å². The van der Waals surface area contributed by atoms with Crippen LogP contribution in [0.5, 0.6) is 0 Å². The number of aromatic nitrogens is 1. The van der Waals surface area contributed by atoms with E-state index in [1.807, 2.05) is 11.3 Å². The molecule has 0 bridgehead atoms. The summed E-state index contributed by atoms with van der Waals surface area (Å²) in [4.78, 5) is 10.8. The maximum absolute atomic E-state index is 4.77. The molecule has 0 saturated carbocycles. The first kappa shape index (κ1) is 18.4. The van der Waals surface area contributed by atoms with Gasteiger partial charge in [0, 0.05) is 30.1 Å². The zero-order chi connectivity index (χ0) is 16.0. The second-order valence-electron chi connectivity index (χ2n) is 6.85. The fraction of sp³-hybridized carbons (Fsp3) is 0.812. The van der Waals surface area contributed by atoms with Gasteiger partial charge in [0.05, 0.1) is 5.69 Å². The molecule has 122 valence electrons. The molecule has 0 aliphatic rings. The Morgan fingerprint density at radius 2 is 1.86 bits per heavy atom. The van der Waals surface area contributed by atoms with Gasteiger partial charge in [-0.1, -0.05) is 0 Å². The van der Waals surface area contributed by atoms with Gasteiger partial charge >= 0.3 is 0 Å². The second-order valence-corrected chi connectivity index (χ2v) is 7.91. The van der Waals surface area contributed by atoms with Crippen LogP contribution in [-0.4, -0.2) is 49.2 Å². The van der Waals surface area contributed by atoms with Crippen LogP contribution in [0.25, 0.3) is 0 Å². The number of nitrogens with one attached hydrogen (secondary N) is 1. The molecule has 4 nitrogen and oxygen atoms in total. The second kappa shape index (κ2) is 8.11. The van der Waals surface area contributed by atoms with Crippen molar-refractivity contribution in [1.29, 1.82) is 0 Å². The third-order valence-corrected chi connectivity index (χ3v) is 4.56. The standard InChI is InChI=1S/C16H32N4S/c1-8-20(11-9-10-19(6)7)15-18-13(2)14(21-15)12-17-16(3,4)5/h17H,8-12H2,1-7H3. The third-order valence-electron chi connectivity index (χ3n) is 3.35. The van der Waals surface area contributed by atoms with Gasteiger partial charge in [-0.2, -0.15) is 0 Å². The SMILES string of the molecule is CCN(CCCN(C)C)c1nc(C)c(CNC(C)(C)C)s1. The Bertz CT molecular complexity index is 420. The zero-order valence-corrected chi connectivity index (χ0v) is 15.6. The lowest BCUT2D eigenvalue weighted by atomic mass is 10.1. The first-order valence-corrected chi connectivity index (χ1v) is 8.65. The van der Waals surface area contributed by atoms with Crippen LogP contribution in [0.2, 0.25) is 0 Å². The lowest BCUT2D eigenvalue weighted by Crippen LogP contribution is -2.34. The number of nitrogens with zero attached hydrogens (tertiary/aromatic N) is 3. The van der Waals surface area contributed by atoms with E-state index in [9.17, 15) is 0 Å². The summed E-state index contributed by atoms with van der Waals surface area (Å²) < 4.78 is 0. The fourth-order valence-corrected chi connectivity index (χ4v) is 3.11. The molecule has 1 heterocycles. The van der Waals surface area contributed by atoms with Crippen LogP contribution >= 0.6 is 11.3 Å². The molecular formula is C16H32N4S. The fourth-order valence-electron chi connectivity index (χ4n) is 2.02. The Kier molecular flexibility index (Phi) is 7.10. The van der Waals surface area contributed by atoms with Crippen molar-refractivity contribution in [2.24, 2.45) is 0 Å². The number of hydrogen-bond acceptors (Lipinski definition) is 5. The highest BCUT2D eigenvalue weighted by molar-refractivity contribution is 7.15. The molecule has 0 aliphatic heterocycles. The molecular weight excluding hydrogens is 280 g/mol. The highest BCUT2D eigenvalue weighted by atomic mass is 32.1. The van der Waals surface area contributed by atoms with Gasteiger partial charge in [-0.15, -0.1) is 11.3 Å². The van der Waals surface area contributed by atoms with Crippen LogP contribution in [0.1, 0.15) is 44.7 Å². The average molecular weight is 313 g/mol. The van der Waals surface area contributed by atoms with Crippen molar-refractivity contribution in [3.63, 3.8) is 0 Å². The molecule has 1 rings (SSSR count). The summed E-state index contributed by atoms with van der Waals surface area (Å²) in [6.07, 6.45) is 1.18. The van der Waals surface area contributed by atoms with Crippen LogP contribution < -0.4 is 10.2 Å². The Balaban J connectivity index is 2.64. The number of aryl methyl sites for hydroxylation is 1. The molecule has 0 atom stereocenters. The molecule has 21 heavy (non-hydrogen) atoms. The molecule has 0 aromatic carbocycles. The van der Waals surface area contributed by atoms with Crippen molar-refractivity contribution in [2.45, 2.75) is 53.1 Å². The minimum Gasteiger partial charge on any atom is -0.348 e. The predicted octanol–water partition coefficient (Wildman–Crippen LogP) is 3.12. The van der Waals surface area contributed by atoms with Gasteiger partial charge < -0.3 is 15.1 Å². The van der Waals surface area contributed by atoms with Crippen LogP contribution in [0, 0.1) is 6.92 Å². The molecule has 1 aromatic rings. The van der Waals surface area contributed by atoms with Gasteiger partial charge in [-0.25, -0.2) is 4.98 Å².